The number of anilines is 1. The van der Waals surface area contributed by atoms with Crippen molar-refractivity contribution in [2.24, 2.45) is 0 Å². The molecule has 0 saturated carbocycles. The third-order valence-electron chi connectivity index (χ3n) is 3.30. The second-order valence-electron chi connectivity index (χ2n) is 5.18. The Morgan fingerprint density at radius 1 is 1.25 bits per heavy atom. The summed E-state index contributed by atoms with van der Waals surface area (Å²) in [6.45, 7) is 6.95. The summed E-state index contributed by atoms with van der Waals surface area (Å²) in [5.74, 6) is 0. The van der Waals surface area contributed by atoms with Crippen LogP contribution < -0.4 is 4.90 Å². The molecule has 0 aliphatic heterocycles. The van der Waals surface area contributed by atoms with Crippen LogP contribution in [0.3, 0.4) is 0 Å². The number of halogens is 1. The summed E-state index contributed by atoms with van der Waals surface area (Å²) < 4.78 is 0. The van der Waals surface area contributed by atoms with E-state index in [9.17, 15) is 5.11 Å². The predicted octanol–water partition coefficient (Wildman–Crippen LogP) is 4.87. The first-order chi connectivity index (χ1) is 9.49. The number of benzene rings is 1. The van der Waals surface area contributed by atoms with Crippen LogP contribution in [0.15, 0.2) is 35.7 Å². The van der Waals surface area contributed by atoms with E-state index >= 15 is 0 Å². The molecule has 0 fully saturated rings. The highest BCUT2D eigenvalue weighted by molar-refractivity contribution is 7.09. The normalized spacial score (nSPS) is 12.7. The largest absolute Gasteiger partial charge is 0.389 e. The smallest absolute Gasteiger partial charge is 0.0776 e. The number of hydrogen-bond donors (Lipinski definition) is 1. The average molecular weight is 310 g/mol. The Morgan fingerprint density at radius 3 is 2.50 bits per heavy atom. The van der Waals surface area contributed by atoms with Crippen molar-refractivity contribution < 1.29 is 5.11 Å². The second kappa shape index (κ2) is 6.61. The Balaban J connectivity index is 2.28. The maximum atomic E-state index is 9.65. The van der Waals surface area contributed by atoms with E-state index in [-0.39, 0.29) is 0 Å². The summed E-state index contributed by atoms with van der Waals surface area (Å²) in [4.78, 5) is 3.64. The topological polar surface area (TPSA) is 23.5 Å². The number of aliphatic hydroxyl groups is 1. The van der Waals surface area contributed by atoms with Gasteiger partial charge in [0.15, 0.2) is 0 Å². The van der Waals surface area contributed by atoms with Gasteiger partial charge in [-0.1, -0.05) is 23.7 Å². The molecule has 1 aromatic heterocycles. The van der Waals surface area contributed by atoms with Crippen LogP contribution in [-0.2, 0) is 6.54 Å². The molecule has 4 heteroatoms. The number of nitrogens with zero attached hydrogens (tertiary/aromatic N) is 1. The van der Waals surface area contributed by atoms with Gasteiger partial charge in [-0.2, -0.15) is 0 Å². The summed E-state index contributed by atoms with van der Waals surface area (Å²) in [6.07, 6.45) is -0.540. The Hall–Kier alpha value is -1.03. The first kappa shape index (κ1) is 15.4. The molecule has 2 aromatic rings. The maximum Gasteiger partial charge on any atom is 0.0776 e. The van der Waals surface area contributed by atoms with Crippen molar-refractivity contribution in [2.75, 3.05) is 4.90 Å². The molecule has 2 nitrogen and oxygen atoms in total. The quantitative estimate of drug-likeness (QED) is 0.851. The molecule has 1 atom stereocenters. The van der Waals surface area contributed by atoms with Crippen LogP contribution in [-0.4, -0.2) is 11.1 Å². The van der Waals surface area contributed by atoms with E-state index in [0.717, 1.165) is 17.8 Å². The van der Waals surface area contributed by atoms with Gasteiger partial charge in [0.2, 0.25) is 0 Å². The van der Waals surface area contributed by atoms with Gasteiger partial charge in [0.25, 0.3) is 0 Å². The molecule has 2 rings (SSSR count). The first-order valence-corrected chi connectivity index (χ1v) is 8.01. The minimum absolute atomic E-state index is 0.380. The molecule has 0 aliphatic carbocycles. The van der Waals surface area contributed by atoms with Gasteiger partial charge in [0, 0.05) is 21.6 Å². The monoisotopic (exact) mass is 309 g/mol. The van der Waals surface area contributed by atoms with E-state index in [1.165, 1.54) is 4.88 Å². The summed E-state index contributed by atoms with van der Waals surface area (Å²) in [5.41, 5.74) is 1.86. The van der Waals surface area contributed by atoms with Gasteiger partial charge in [-0.3, -0.25) is 0 Å². The van der Waals surface area contributed by atoms with E-state index < -0.39 is 6.10 Å². The zero-order valence-corrected chi connectivity index (χ0v) is 13.6. The van der Waals surface area contributed by atoms with Crippen molar-refractivity contribution in [1.29, 1.82) is 0 Å². The lowest BCUT2D eigenvalue weighted by Gasteiger charge is -2.29. The summed E-state index contributed by atoms with van der Waals surface area (Å²) in [7, 11) is 0. The van der Waals surface area contributed by atoms with Crippen LogP contribution in [0.1, 0.15) is 37.3 Å². The van der Waals surface area contributed by atoms with Gasteiger partial charge < -0.3 is 10.0 Å². The van der Waals surface area contributed by atoms with Crippen molar-refractivity contribution in [3.63, 3.8) is 0 Å². The molecular formula is C16H20ClNOS. The second-order valence-corrected chi connectivity index (χ2v) is 6.62. The third kappa shape index (κ3) is 3.54. The summed E-state index contributed by atoms with van der Waals surface area (Å²) >= 11 is 8.03. The lowest BCUT2D eigenvalue weighted by atomic mass is 10.1. The predicted molar refractivity (Wildman–Crippen MR) is 87.7 cm³/mol. The van der Waals surface area contributed by atoms with Crippen molar-refractivity contribution in [3.05, 3.63) is 51.2 Å². The number of rotatable bonds is 5. The highest BCUT2D eigenvalue weighted by atomic mass is 35.5. The Kier molecular flexibility index (Phi) is 5.08. The molecule has 0 radical (unpaired) electrons. The molecule has 108 valence electrons. The van der Waals surface area contributed by atoms with E-state index in [0.29, 0.717) is 11.1 Å². The molecule has 0 bridgehead atoms. The minimum atomic E-state index is -0.540. The van der Waals surface area contributed by atoms with Crippen molar-refractivity contribution in [2.45, 2.75) is 39.5 Å². The van der Waals surface area contributed by atoms with Gasteiger partial charge in [0.05, 0.1) is 12.6 Å². The van der Waals surface area contributed by atoms with E-state index in [4.69, 9.17) is 11.6 Å². The number of thiophene rings is 1. The first-order valence-electron chi connectivity index (χ1n) is 6.75. The fourth-order valence-corrected chi connectivity index (χ4v) is 3.21. The van der Waals surface area contributed by atoms with Crippen molar-refractivity contribution in [3.8, 4) is 0 Å². The number of aliphatic hydroxyl groups excluding tert-OH is 1. The summed E-state index contributed by atoms with van der Waals surface area (Å²) in [5, 5.41) is 12.4. The van der Waals surface area contributed by atoms with Gasteiger partial charge >= 0.3 is 0 Å². The third-order valence-corrected chi connectivity index (χ3v) is 4.48. The molecule has 20 heavy (non-hydrogen) atoms. The molecular weight excluding hydrogens is 290 g/mol. The molecule has 0 aliphatic rings. The van der Waals surface area contributed by atoms with E-state index in [2.05, 4.69) is 36.3 Å². The van der Waals surface area contributed by atoms with Gasteiger partial charge in [-0.15, -0.1) is 11.3 Å². The van der Waals surface area contributed by atoms with Crippen LogP contribution in [0, 0.1) is 0 Å². The van der Waals surface area contributed by atoms with Crippen molar-refractivity contribution in [1.82, 2.24) is 0 Å². The average Bonchev–Trinajstić information content (AvgIpc) is 2.87. The lowest BCUT2D eigenvalue weighted by molar-refractivity contribution is 0.199. The van der Waals surface area contributed by atoms with Crippen LogP contribution in [0.2, 0.25) is 5.02 Å². The SMILES string of the molecule is CC(O)c1ccc(N(Cc2cccs2)C(C)C)cc1Cl. The van der Waals surface area contributed by atoms with E-state index in [1.54, 1.807) is 18.3 Å². The molecule has 0 amide bonds. The maximum absolute atomic E-state index is 9.65. The number of hydrogen-bond acceptors (Lipinski definition) is 3. The molecule has 1 N–H and O–H groups in total. The van der Waals surface area contributed by atoms with Crippen LogP contribution in [0.4, 0.5) is 5.69 Å². The summed E-state index contributed by atoms with van der Waals surface area (Å²) in [6, 6.07) is 10.5. The van der Waals surface area contributed by atoms with Crippen LogP contribution in [0.5, 0.6) is 0 Å². The highest BCUT2D eigenvalue weighted by Crippen LogP contribution is 2.30. The molecule has 0 saturated heterocycles. The van der Waals surface area contributed by atoms with Crippen LogP contribution in [0.25, 0.3) is 0 Å². The molecule has 0 spiro atoms. The Bertz CT molecular complexity index is 552. The zero-order chi connectivity index (χ0) is 14.7. The minimum Gasteiger partial charge on any atom is -0.389 e. The highest BCUT2D eigenvalue weighted by Gasteiger charge is 2.14. The van der Waals surface area contributed by atoms with Gasteiger partial charge in [-0.05, 0) is 49.9 Å². The van der Waals surface area contributed by atoms with Gasteiger partial charge in [0.1, 0.15) is 0 Å². The van der Waals surface area contributed by atoms with Crippen LogP contribution >= 0.6 is 22.9 Å². The lowest BCUT2D eigenvalue weighted by Crippen LogP contribution is -2.29. The zero-order valence-electron chi connectivity index (χ0n) is 12.0. The Labute approximate surface area is 129 Å². The Morgan fingerprint density at radius 2 is 2.00 bits per heavy atom. The fourth-order valence-electron chi connectivity index (χ4n) is 2.18. The van der Waals surface area contributed by atoms with E-state index in [1.807, 2.05) is 18.2 Å². The fraction of sp³-hybridized carbons (Fsp3) is 0.375. The standard InChI is InChI=1S/C16H20ClNOS/c1-11(2)18(10-14-5-4-8-20-14)13-6-7-15(12(3)19)16(17)9-13/h4-9,11-12,19H,10H2,1-3H3. The van der Waals surface area contributed by atoms with Crippen molar-refractivity contribution >= 4 is 28.6 Å². The molecule has 1 unspecified atom stereocenters. The van der Waals surface area contributed by atoms with Gasteiger partial charge in [-0.25, -0.2) is 0 Å². The molecule has 1 aromatic carbocycles. The molecule has 1 heterocycles.